The smallest absolute Gasteiger partial charge is 0.171 e. The quantitative estimate of drug-likeness (QED) is 0.0575. The Kier molecular flexibility index (Phi) is 56.9. The molecule has 0 aromatic carbocycles. The Balaban J connectivity index is -0.000000186. The van der Waals surface area contributed by atoms with Crippen molar-refractivity contribution in [1.82, 2.24) is 0 Å². The zero-order valence-electron chi connectivity index (χ0n) is 78.4. The van der Waals surface area contributed by atoms with Crippen molar-refractivity contribution in [3.63, 3.8) is 0 Å². The summed E-state index contributed by atoms with van der Waals surface area (Å²) in [5.41, 5.74) is -13.7. The zero-order valence-corrected chi connectivity index (χ0v) is 78.4. The van der Waals surface area contributed by atoms with E-state index in [-0.39, 0.29) is 104 Å². The SMILES string of the molecule is CC(C)C(C)(C(C)C)C(F)(F)F.CCC(C)(CC)[C@](C)(C(C)C)C(F)(F)F.CCC(CC)[C@](C)(C(C)C)C(F)(F)F.CCCC(C)(CCC)C(F)(F)F.CCC[C@@](C)(C(C(C)C)C(C)C)C(F)(F)F.CCC[C@@](C)(C(CC)CC)C(F)(F)F.CCC[C@](C)(C(F)(F)F)C(C)(CC)CC.CC[C@@](C)(C(C(C)C)C(C)C)C(F)(F)F. The van der Waals surface area contributed by atoms with E-state index in [1.54, 1.807) is 90.0 Å². The molecule has 0 spiro atoms. The second-order valence-corrected chi connectivity index (χ2v) is 37.2. The van der Waals surface area contributed by atoms with E-state index in [4.69, 9.17) is 0 Å². The summed E-state index contributed by atoms with van der Waals surface area (Å²) in [6.07, 6.45) is -23.9. The van der Waals surface area contributed by atoms with Crippen LogP contribution in [0.5, 0.6) is 0 Å². The summed E-state index contributed by atoms with van der Waals surface area (Å²) < 4.78 is 311. The Labute approximate surface area is 676 Å². The van der Waals surface area contributed by atoms with Gasteiger partial charge in [-0.25, -0.2) is 0 Å². The van der Waals surface area contributed by atoms with Crippen molar-refractivity contribution in [2.75, 3.05) is 0 Å². The molecule has 6 atom stereocenters. The maximum atomic E-state index is 13.3. The van der Waals surface area contributed by atoms with Crippen LogP contribution in [0.2, 0.25) is 0 Å². The average molecular weight is 1700 g/mol. The fraction of sp³-hybridized carbons (Fsp3) is 1.00. The first kappa shape index (κ1) is 127. The topological polar surface area (TPSA) is 0 Å². The molecule has 0 amide bonds. The molecule has 0 radical (unpaired) electrons. The molecule has 0 aliphatic carbocycles. The first-order valence-corrected chi connectivity index (χ1v) is 42.5. The second kappa shape index (κ2) is 50.7. The molecular formula is C89H170F24. The van der Waals surface area contributed by atoms with Gasteiger partial charge in [-0.15, -0.1) is 0 Å². The normalized spacial score (nSPS) is 16.8. The van der Waals surface area contributed by atoms with E-state index in [0.717, 1.165) is 0 Å². The van der Waals surface area contributed by atoms with Crippen LogP contribution in [-0.2, 0) is 0 Å². The predicted molar refractivity (Wildman–Crippen MR) is 429 cm³/mol. The number of rotatable bonds is 33. The van der Waals surface area contributed by atoms with E-state index in [1.165, 1.54) is 55.4 Å². The van der Waals surface area contributed by atoms with Crippen LogP contribution in [0.4, 0.5) is 105 Å². The van der Waals surface area contributed by atoms with Crippen molar-refractivity contribution in [3.05, 3.63) is 0 Å². The van der Waals surface area contributed by atoms with Crippen molar-refractivity contribution < 1.29 is 105 Å². The Morgan fingerprint density at radius 1 is 0.204 bits per heavy atom. The molecule has 0 heterocycles. The maximum absolute atomic E-state index is 13.3. The van der Waals surface area contributed by atoms with Crippen LogP contribution in [0.15, 0.2) is 0 Å². The zero-order chi connectivity index (χ0) is 93.4. The standard InChI is InChI=1S/C13H25F3.3C12H23F3.2C11H21F3.2C9H17F3/c1-7-8-12(6,13(14,15)16)11(9(2)3)10(4)5;1-7-10(5,8-2)11(6,9(3)4)12(13,14)15;1-7-11(6,12(13,14)15)10(8(2)3)9(4)5;1-6-9-11(5,12(13,14)15)10(4,7-2)8-3;1-6-9(7-2)10(5,8(3)4)11(12,13)14;1-5-8-10(4,11(12,13)14)9(6-2)7-3;1-6(2)8(5,7(3)4)9(10,11)12;1-4-6-8(3,7-5-2)9(10,11)12/h9-11H,7-8H2,1-6H3;9H,7-8H2,1-6H3;8-10H,7H2,1-6H3;6-9H2,1-5H3;8-9H,6-7H2,1-5H3;9H,5-8H2,1-4H3;6-7H,1-5H3;4-7H2,1-3H3/t12-;3*11-;2*10-;;/m000000../s1. The lowest BCUT2D eigenvalue weighted by Gasteiger charge is -2.49. The molecule has 0 bridgehead atoms. The van der Waals surface area contributed by atoms with Gasteiger partial charge in [-0.1, -0.05) is 335 Å². The highest BCUT2D eigenvalue weighted by Gasteiger charge is 2.64. The van der Waals surface area contributed by atoms with Gasteiger partial charge in [-0.05, 0) is 146 Å². The molecule has 0 aromatic rings. The van der Waals surface area contributed by atoms with Gasteiger partial charge in [0.15, 0.2) is 0 Å². The molecule has 0 fully saturated rings. The van der Waals surface area contributed by atoms with Gasteiger partial charge in [-0.2, -0.15) is 105 Å². The van der Waals surface area contributed by atoms with Crippen LogP contribution >= 0.6 is 0 Å². The molecular weight excluding hydrogens is 1520 g/mol. The van der Waals surface area contributed by atoms with Gasteiger partial charge in [0.2, 0.25) is 0 Å². The van der Waals surface area contributed by atoms with Crippen molar-refractivity contribution in [2.45, 2.75) is 448 Å². The predicted octanol–water partition coefficient (Wildman–Crippen LogP) is 37.9. The molecule has 0 aromatic heterocycles. The Morgan fingerprint density at radius 2 is 0.451 bits per heavy atom. The van der Waals surface area contributed by atoms with Crippen LogP contribution in [-0.4, -0.2) is 49.4 Å². The third-order valence-corrected chi connectivity index (χ3v) is 28.2. The van der Waals surface area contributed by atoms with Crippen molar-refractivity contribution in [2.24, 2.45) is 125 Å². The Morgan fingerprint density at radius 3 is 0.575 bits per heavy atom. The van der Waals surface area contributed by atoms with Crippen LogP contribution in [0.25, 0.3) is 0 Å². The van der Waals surface area contributed by atoms with Crippen LogP contribution < -0.4 is 0 Å². The molecule has 0 N–H and O–H groups in total. The maximum Gasteiger partial charge on any atom is 0.395 e. The van der Waals surface area contributed by atoms with Crippen molar-refractivity contribution >= 4 is 0 Å². The van der Waals surface area contributed by atoms with Gasteiger partial charge in [-0.3, -0.25) is 0 Å². The molecule has 0 aliphatic rings. The summed E-state index contributed by atoms with van der Waals surface area (Å²) in [4.78, 5) is 0. The van der Waals surface area contributed by atoms with Gasteiger partial charge in [0, 0.05) is 0 Å². The summed E-state index contributed by atoms with van der Waals surface area (Å²) in [5.74, 6) is -2.46. The van der Waals surface area contributed by atoms with Gasteiger partial charge in [0.05, 0.1) is 43.3 Å². The van der Waals surface area contributed by atoms with Crippen LogP contribution in [0.1, 0.15) is 399 Å². The van der Waals surface area contributed by atoms with Gasteiger partial charge >= 0.3 is 49.4 Å². The number of hydrogen-bond acceptors (Lipinski definition) is 0. The van der Waals surface area contributed by atoms with E-state index in [1.807, 2.05) is 132 Å². The highest BCUT2D eigenvalue weighted by atomic mass is 19.4. The second-order valence-electron chi connectivity index (χ2n) is 37.2. The van der Waals surface area contributed by atoms with E-state index >= 15 is 0 Å². The Bertz CT molecular complexity index is 2330. The van der Waals surface area contributed by atoms with Gasteiger partial charge < -0.3 is 0 Å². The summed E-state index contributed by atoms with van der Waals surface area (Å²) >= 11 is 0. The minimum absolute atomic E-state index is 0.0524. The van der Waals surface area contributed by atoms with Gasteiger partial charge in [0.25, 0.3) is 0 Å². The lowest BCUT2D eigenvalue weighted by atomic mass is 9.57. The lowest BCUT2D eigenvalue weighted by molar-refractivity contribution is -0.275. The first-order valence-electron chi connectivity index (χ1n) is 42.5. The van der Waals surface area contributed by atoms with E-state index in [0.29, 0.717) is 83.5 Å². The Hall–Kier alpha value is -1.68. The molecule has 24 heteroatoms. The average Bonchev–Trinajstić information content (AvgIpc) is 0.754. The highest BCUT2D eigenvalue weighted by molar-refractivity contribution is 5.00. The minimum atomic E-state index is -4.14. The number of alkyl halides is 24. The summed E-state index contributed by atoms with van der Waals surface area (Å²) in [7, 11) is 0. The minimum Gasteiger partial charge on any atom is -0.171 e. The first-order chi connectivity index (χ1) is 49.9. The van der Waals surface area contributed by atoms with Crippen molar-refractivity contribution in [1.29, 1.82) is 0 Å². The molecule has 0 saturated heterocycles. The van der Waals surface area contributed by atoms with E-state index in [9.17, 15) is 105 Å². The molecule has 0 saturated carbocycles. The third kappa shape index (κ3) is 33.9. The monoisotopic (exact) mass is 1700 g/mol. The fourth-order valence-corrected chi connectivity index (χ4v) is 18.1. The van der Waals surface area contributed by atoms with Crippen LogP contribution in [0, 0.1) is 125 Å². The van der Waals surface area contributed by atoms with Crippen molar-refractivity contribution in [3.8, 4) is 0 Å². The number of halogens is 24. The molecule has 0 aliphatic heterocycles. The molecule has 0 rings (SSSR count). The largest absolute Gasteiger partial charge is 0.395 e. The molecule has 113 heavy (non-hydrogen) atoms. The van der Waals surface area contributed by atoms with Crippen LogP contribution in [0.3, 0.4) is 0 Å². The van der Waals surface area contributed by atoms with E-state index < -0.39 is 109 Å². The molecule has 0 unspecified atom stereocenters. The van der Waals surface area contributed by atoms with E-state index in [2.05, 4.69) is 0 Å². The summed E-state index contributed by atoms with van der Waals surface area (Å²) in [6, 6.07) is 0. The molecule has 0 nitrogen and oxygen atoms in total. The fourth-order valence-electron chi connectivity index (χ4n) is 18.1. The lowest BCUT2D eigenvalue weighted by Crippen LogP contribution is -2.51. The highest BCUT2D eigenvalue weighted by Crippen LogP contribution is 2.61. The summed E-state index contributed by atoms with van der Waals surface area (Å²) in [5, 5.41) is 0. The third-order valence-electron chi connectivity index (χ3n) is 28.2. The summed E-state index contributed by atoms with van der Waals surface area (Å²) in [6.45, 7) is 67.9. The van der Waals surface area contributed by atoms with Gasteiger partial charge in [0.1, 0.15) is 0 Å². The molecule has 694 valence electrons. The number of hydrogen-bond donors (Lipinski definition) is 0.